The third-order valence-corrected chi connectivity index (χ3v) is 5.15. The number of carbonyl (C=O) groups excluding carboxylic acids is 1. The average molecular weight is 316 g/mol. The number of carboxylic acid groups (broad SMARTS) is 1. The van der Waals surface area contributed by atoms with Crippen LogP contribution in [0.5, 0.6) is 0 Å². The second-order valence-corrected chi connectivity index (χ2v) is 6.68. The van der Waals surface area contributed by atoms with Gasteiger partial charge in [-0.05, 0) is 37.7 Å². The number of amides is 2. The van der Waals surface area contributed by atoms with Gasteiger partial charge in [0, 0.05) is 25.0 Å². The van der Waals surface area contributed by atoms with Gasteiger partial charge >= 0.3 is 12.0 Å². The molecule has 2 N–H and O–H groups in total. The molecule has 124 valence electrons. The van der Waals surface area contributed by atoms with Crippen molar-refractivity contribution in [2.24, 2.45) is 5.92 Å². The maximum atomic E-state index is 12.4. The van der Waals surface area contributed by atoms with Crippen LogP contribution in [0.15, 0.2) is 30.3 Å². The van der Waals surface area contributed by atoms with E-state index in [-0.39, 0.29) is 18.0 Å². The molecule has 5 nitrogen and oxygen atoms in total. The Balaban J connectivity index is 1.47. The molecule has 2 fully saturated rings. The van der Waals surface area contributed by atoms with Crippen molar-refractivity contribution in [1.82, 2.24) is 10.2 Å². The lowest BCUT2D eigenvalue weighted by atomic mass is 9.86. The van der Waals surface area contributed by atoms with Crippen molar-refractivity contribution in [2.45, 2.75) is 44.1 Å². The lowest BCUT2D eigenvalue weighted by molar-refractivity contribution is -0.142. The van der Waals surface area contributed by atoms with Crippen LogP contribution in [-0.4, -0.2) is 41.1 Å². The molecule has 1 aromatic carbocycles. The van der Waals surface area contributed by atoms with Crippen LogP contribution in [0.25, 0.3) is 0 Å². The molecule has 0 spiro atoms. The summed E-state index contributed by atoms with van der Waals surface area (Å²) in [5.41, 5.74) is 1.30. The maximum Gasteiger partial charge on any atom is 0.317 e. The van der Waals surface area contributed by atoms with Crippen molar-refractivity contribution in [3.05, 3.63) is 35.9 Å². The van der Waals surface area contributed by atoms with E-state index in [0.29, 0.717) is 18.8 Å². The number of hydrogen-bond donors (Lipinski definition) is 2. The van der Waals surface area contributed by atoms with Crippen molar-refractivity contribution < 1.29 is 14.7 Å². The summed E-state index contributed by atoms with van der Waals surface area (Å²) in [4.78, 5) is 25.3. The van der Waals surface area contributed by atoms with E-state index in [2.05, 4.69) is 17.4 Å². The van der Waals surface area contributed by atoms with Gasteiger partial charge in [-0.25, -0.2) is 4.79 Å². The zero-order chi connectivity index (χ0) is 16.2. The number of carboxylic acids is 1. The van der Waals surface area contributed by atoms with E-state index in [1.165, 1.54) is 5.56 Å². The molecule has 2 aliphatic rings. The van der Waals surface area contributed by atoms with Crippen LogP contribution in [0, 0.1) is 5.92 Å². The first-order chi connectivity index (χ1) is 11.1. The molecule has 5 heteroatoms. The van der Waals surface area contributed by atoms with E-state index >= 15 is 0 Å². The monoisotopic (exact) mass is 316 g/mol. The molecule has 1 aromatic rings. The average Bonchev–Trinajstić information content (AvgIpc) is 3.06. The van der Waals surface area contributed by atoms with Gasteiger partial charge in [-0.2, -0.15) is 0 Å². The zero-order valence-electron chi connectivity index (χ0n) is 13.3. The largest absolute Gasteiger partial charge is 0.481 e. The fourth-order valence-electron chi connectivity index (χ4n) is 3.69. The van der Waals surface area contributed by atoms with Gasteiger partial charge in [0.05, 0.1) is 5.92 Å². The van der Waals surface area contributed by atoms with Gasteiger partial charge in [0.25, 0.3) is 0 Å². The van der Waals surface area contributed by atoms with Gasteiger partial charge in [0.1, 0.15) is 0 Å². The molecule has 23 heavy (non-hydrogen) atoms. The first-order valence-electron chi connectivity index (χ1n) is 8.46. The molecule has 1 saturated carbocycles. The number of benzene rings is 1. The van der Waals surface area contributed by atoms with Gasteiger partial charge in [-0.1, -0.05) is 30.3 Å². The molecule has 0 bridgehead atoms. The third-order valence-electron chi connectivity index (χ3n) is 5.15. The van der Waals surface area contributed by atoms with E-state index in [4.69, 9.17) is 5.11 Å². The third kappa shape index (κ3) is 3.84. The highest BCUT2D eigenvalue weighted by Gasteiger charge is 2.30. The Bertz CT molecular complexity index is 553. The lowest BCUT2D eigenvalue weighted by Gasteiger charge is -2.28. The predicted octanol–water partition coefficient (Wildman–Crippen LogP) is 2.83. The SMILES string of the molecule is O=C(O)C1CCC(NC(=O)N2CCC(c3ccccc3)C2)CC1. The summed E-state index contributed by atoms with van der Waals surface area (Å²) < 4.78 is 0. The number of rotatable bonds is 3. The van der Waals surface area contributed by atoms with Crippen LogP contribution in [0.4, 0.5) is 4.79 Å². The van der Waals surface area contributed by atoms with Gasteiger partial charge in [-0.15, -0.1) is 0 Å². The van der Waals surface area contributed by atoms with E-state index < -0.39 is 5.97 Å². The van der Waals surface area contributed by atoms with Crippen molar-refractivity contribution >= 4 is 12.0 Å². The Labute approximate surface area is 136 Å². The van der Waals surface area contributed by atoms with Gasteiger partial charge in [0.15, 0.2) is 0 Å². The molecule has 0 aromatic heterocycles. The molecule has 3 rings (SSSR count). The molecule has 1 atom stereocenters. The number of carbonyl (C=O) groups is 2. The van der Waals surface area contributed by atoms with Crippen molar-refractivity contribution in [2.75, 3.05) is 13.1 Å². The number of urea groups is 1. The fourth-order valence-corrected chi connectivity index (χ4v) is 3.69. The van der Waals surface area contributed by atoms with Gasteiger partial charge in [0.2, 0.25) is 0 Å². The Hall–Kier alpha value is -2.04. The number of likely N-dealkylation sites (tertiary alicyclic amines) is 1. The summed E-state index contributed by atoms with van der Waals surface area (Å²) >= 11 is 0. The van der Waals surface area contributed by atoms with Crippen LogP contribution in [0.1, 0.15) is 43.6 Å². The normalized spacial score (nSPS) is 27.7. The van der Waals surface area contributed by atoms with E-state index in [1.54, 1.807) is 0 Å². The summed E-state index contributed by atoms with van der Waals surface area (Å²) in [6.07, 6.45) is 3.85. The minimum absolute atomic E-state index is 0.00204. The van der Waals surface area contributed by atoms with Gasteiger partial charge in [-0.3, -0.25) is 4.79 Å². The molecular formula is C18H24N2O3. The first kappa shape index (κ1) is 15.8. The number of nitrogens with zero attached hydrogens (tertiary/aromatic N) is 1. The van der Waals surface area contributed by atoms with E-state index in [0.717, 1.165) is 32.4 Å². The molecule has 1 aliphatic heterocycles. The highest BCUT2D eigenvalue weighted by atomic mass is 16.4. The van der Waals surface area contributed by atoms with Crippen molar-refractivity contribution in [3.8, 4) is 0 Å². The quantitative estimate of drug-likeness (QED) is 0.901. The molecule has 0 radical (unpaired) electrons. The zero-order valence-corrected chi connectivity index (χ0v) is 13.3. The smallest absolute Gasteiger partial charge is 0.317 e. The standard InChI is InChI=1S/C18H24N2O3/c21-17(22)14-6-8-16(9-7-14)19-18(23)20-11-10-15(12-20)13-4-2-1-3-5-13/h1-5,14-16H,6-12H2,(H,19,23)(H,21,22). The topological polar surface area (TPSA) is 69.6 Å². The van der Waals surface area contributed by atoms with Gasteiger partial charge < -0.3 is 15.3 Å². The number of aliphatic carboxylic acids is 1. The summed E-state index contributed by atoms with van der Waals surface area (Å²) in [6, 6.07) is 10.5. The lowest BCUT2D eigenvalue weighted by Crippen LogP contribution is -2.45. The van der Waals surface area contributed by atoms with Crippen molar-refractivity contribution in [1.29, 1.82) is 0 Å². The van der Waals surface area contributed by atoms with E-state index in [9.17, 15) is 9.59 Å². The summed E-state index contributed by atoms with van der Waals surface area (Å²) in [5, 5.41) is 12.1. The van der Waals surface area contributed by atoms with E-state index in [1.807, 2.05) is 23.1 Å². The summed E-state index contributed by atoms with van der Waals surface area (Å²) in [6.45, 7) is 1.55. The molecule has 1 heterocycles. The van der Waals surface area contributed by atoms with Crippen molar-refractivity contribution in [3.63, 3.8) is 0 Å². The predicted molar refractivity (Wildman–Crippen MR) is 87.3 cm³/mol. The minimum atomic E-state index is -0.708. The molecule has 1 unspecified atom stereocenters. The molecule has 1 saturated heterocycles. The minimum Gasteiger partial charge on any atom is -0.481 e. The molecule has 1 aliphatic carbocycles. The molecule has 2 amide bonds. The Morgan fingerprint density at radius 2 is 1.74 bits per heavy atom. The second kappa shape index (κ2) is 7.02. The first-order valence-corrected chi connectivity index (χ1v) is 8.46. The number of hydrogen-bond acceptors (Lipinski definition) is 2. The molecular weight excluding hydrogens is 292 g/mol. The van der Waals surface area contributed by atoms with Crippen LogP contribution in [0.3, 0.4) is 0 Å². The summed E-state index contributed by atoms with van der Waals surface area (Å²) in [7, 11) is 0. The summed E-state index contributed by atoms with van der Waals surface area (Å²) in [5.74, 6) is -0.526. The highest BCUT2D eigenvalue weighted by Crippen LogP contribution is 2.28. The highest BCUT2D eigenvalue weighted by molar-refractivity contribution is 5.75. The van der Waals surface area contributed by atoms with Crippen LogP contribution < -0.4 is 5.32 Å². The fraction of sp³-hybridized carbons (Fsp3) is 0.556. The second-order valence-electron chi connectivity index (χ2n) is 6.68. The Morgan fingerprint density at radius 1 is 1.04 bits per heavy atom. The maximum absolute atomic E-state index is 12.4. The van der Waals surface area contributed by atoms with Crippen LogP contribution in [0.2, 0.25) is 0 Å². The van der Waals surface area contributed by atoms with Crippen LogP contribution >= 0.6 is 0 Å². The Kier molecular flexibility index (Phi) is 4.84. The number of nitrogens with one attached hydrogen (secondary N) is 1. The Morgan fingerprint density at radius 3 is 2.39 bits per heavy atom. The van der Waals surface area contributed by atoms with Crippen LogP contribution in [-0.2, 0) is 4.79 Å².